The van der Waals surface area contributed by atoms with Gasteiger partial charge in [-0.3, -0.25) is 4.79 Å². The number of carbonyl (C=O) groups is 1. The minimum atomic E-state index is -1.47. The molecule has 1 nitrogen and oxygen atoms in total. The lowest BCUT2D eigenvalue weighted by atomic mass is 10.1. The lowest BCUT2D eigenvalue weighted by Gasteiger charge is -2.09. The molecule has 1 aromatic rings. The minimum absolute atomic E-state index is 0.130. The van der Waals surface area contributed by atoms with E-state index >= 15 is 0 Å². The minimum Gasteiger partial charge on any atom is -0.299 e. The fraction of sp³-hybridized carbons (Fsp3) is 0.300. The van der Waals surface area contributed by atoms with Crippen LogP contribution in [0.2, 0.25) is 0 Å². The van der Waals surface area contributed by atoms with Gasteiger partial charge in [-0.25, -0.2) is 17.6 Å². The molecule has 1 aromatic carbocycles. The van der Waals surface area contributed by atoms with Crippen LogP contribution in [-0.4, -0.2) is 10.6 Å². The Kier molecular flexibility index (Phi) is 4.07. The third-order valence-electron chi connectivity index (χ3n) is 2.03. The summed E-state index contributed by atoms with van der Waals surface area (Å²) in [5, 5.41) is 0. The molecule has 0 radical (unpaired) electrons. The quantitative estimate of drug-likeness (QED) is 0.476. The van der Waals surface area contributed by atoms with Crippen molar-refractivity contribution in [3.8, 4) is 0 Å². The fourth-order valence-corrected chi connectivity index (χ4v) is 1.45. The summed E-state index contributed by atoms with van der Waals surface area (Å²) in [5.74, 6) is -6.27. The van der Waals surface area contributed by atoms with Crippen molar-refractivity contribution >= 4 is 21.7 Å². The predicted octanol–water partition coefficient (Wildman–Crippen LogP) is 3.14. The lowest BCUT2D eigenvalue weighted by molar-refractivity contribution is -0.116. The van der Waals surface area contributed by atoms with Gasteiger partial charge in [0.2, 0.25) is 0 Å². The highest BCUT2D eigenvalue weighted by Gasteiger charge is 2.22. The van der Waals surface area contributed by atoms with Crippen LogP contribution in [0, 0.1) is 23.3 Å². The van der Waals surface area contributed by atoms with Crippen LogP contribution in [0.15, 0.2) is 6.07 Å². The van der Waals surface area contributed by atoms with Crippen LogP contribution in [0.25, 0.3) is 0 Å². The first-order valence-electron chi connectivity index (χ1n) is 4.31. The normalized spacial score (nSPS) is 12.6. The molecule has 0 aliphatic rings. The summed E-state index contributed by atoms with van der Waals surface area (Å²) in [6, 6.07) is 0.130. The zero-order chi connectivity index (χ0) is 12.5. The van der Waals surface area contributed by atoms with Crippen molar-refractivity contribution < 1.29 is 22.4 Å². The zero-order valence-corrected chi connectivity index (χ0v) is 9.75. The van der Waals surface area contributed by atoms with Crippen LogP contribution in [0.4, 0.5) is 17.6 Å². The molecule has 6 heteroatoms. The molecule has 0 amide bonds. The van der Waals surface area contributed by atoms with Gasteiger partial charge in [0.1, 0.15) is 5.78 Å². The predicted molar refractivity (Wildman–Crippen MR) is 53.4 cm³/mol. The number of benzene rings is 1. The highest BCUT2D eigenvalue weighted by molar-refractivity contribution is 9.10. The average molecular weight is 299 g/mol. The molecule has 16 heavy (non-hydrogen) atoms. The summed E-state index contributed by atoms with van der Waals surface area (Å²) < 4.78 is 51.9. The molecule has 0 bridgehead atoms. The second-order valence-corrected chi connectivity index (χ2v) is 4.33. The van der Waals surface area contributed by atoms with Gasteiger partial charge in [0, 0.05) is 11.6 Å². The average Bonchev–Trinajstić information content (AvgIpc) is 2.21. The van der Waals surface area contributed by atoms with E-state index in [1.807, 2.05) is 0 Å². The van der Waals surface area contributed by atoms with Gasteiger partial charge in [-0.2, -0.15) is 0 Å². The molecule has 1 unspecified atom stereocenters. The zero-order valence-electron chi connectivity index (χ0n) is 8.16. The number of ketones is 1. The summed E-state index contributed by atoms with van der Waals surface area (Å²) in [6.07, 6.45) is -0.443. The monoisotopic (exact) mass is 298 g/mol. The SMILES string of the molecule is CC(=O)C(Br)Cc1c(F)c(F)cc(F)c1F. The van der Waals surface area contributed by atoms with Gasteiger partial charge in [-0.1, -0.05) is 15.9 Å². The summed E-state index contributed by atoms with van der Waals surface area (Å²) >= 11 is 2.87. The lowest BCUT2D eigenvalue weighted by Crippen LogP contribution is -2.16. The van der Waals surface area contributed by atoms with E-state index < -0.39 is 40.1 Å². The van der Waals surface area contributed by atoms with E-state index in [4.69, 9.17) is 0 Å². The molecular weight excluding hydrogens is 292 g/mol. The standard InChI is InChI=1S/C10H7BrF4O/c1-4(16)6(11)2-5-9(14)7(12)3-8(13)10(5)15/h3,6H,2H2,1H3. The molecule has 1 rings (SSSR count). The van der Waals surface area contributed by atoms with Gasteiger partial charge >= 0.3 is 0 Å². The van der Waals surface area contributed by atoms with Crippen molar-refractivity contribution in [2.45, 2.75) is 18.2 Å². The molecule has 0 saturated heterocycles. The van der Waals surface area contributed by atoms with Crippen LogP contribution in [0.1, 0.15) is 12.5 Å². The number of hydrogen-bond donors (Lipinski definition) is 0. The van der Waals surface area contributed by atoms with Crippen molar-refractivity contribution in [1.29, 1.82) is 0 Å². The molecule has 0 aromatic heterocycles. The summed E-state index contributed by atoms with van der Waals surface area (Å²) in [4.78, 5) is 9.98. The Morgan fingerprint density at radius 1 is 1.25 bits per heavy atom. The Balaban J connectivity index is 3.17. The van der Waals surface area contributed by atoms with Crippen molar-refractivity contribution in [3.05, 3.63) is 34.9 Å². The van der Waals surface area contributed by atoms with Crippen molar-refractivity contribution in [2.24, 2.45) is 0 Å². The van der Waals surface area contributed by atoms with Crippen LogP contribution in [0.5, 0.6) is 0 Å². The highest BCUT2D eigenvalue weighted by Crippen LogP contribution is 2.22. The maximum Gasteiger partial charge on any atom is 0.165 e. The molecular formula is C10H7BrF4O. The largest absolute Gasteiger partial charge is 0.299 e. The van der Waals surface area contributed by atoms with E-state index in [9.17, 15) is 22.4 Å². The second kappa shape index (κ2) is 4.95. The van der Waals surface area contributed by atoms with Gasteiger partial charge in [0.15, 0.2) is 23.3 Å². The van der Waals surface area contributed by atoms with Crippen LogP contribution in [0.3, 0.4) is 0 Å². The Hall–Kier alpha value is -0.910. The molecule has 1 atom stereocenters. The second-order valence-electron chi connectivity index (χ2n) is 3.23. The van der Waals surface area contributed by atoms with E-state index in [1.54, 1.807) is 0 Å². The van der Waals surface area contributed by atoms with E-state index in [-0.39, 0.29) is 11.8 Å². The van der Waals surface area contributed by atoms with Gasteiger partial charge in [0.25, 0.3) is 0 Å². The Morgan fingerprint density at radius 3 is 2.06 bits per heavy atom. The van der Waals surface area contributed by atoms with Crippen LogP contribution >= 0.6 is 15.9 Å². The fourth-order valence-electron chi connectivity index (χ4n) is 1.12. The highest BCUT2D eigenvalue weighted by atomic mass is 79.9. The van der Waals surface area contributed by atoms with Gasteiger partial charge < -0.3 is 0 Å². The molecule has 0 heterocycles. The topological polar surface area (TPSA) is 17.1 Å². The summed E-state index contributed by atoms with van der Waals surface area (Å²) in [7, 11) is 0. The first kappa shape index (κ1) is 13.2. The van der Waals surface area contributed by atoms with Crippen molar-refractivity contribution in [1.82, 2.24) is 0 Å². The maximum absolute atomic E-state index is 13.2. The molecule has 0 aliphatic heterocycles. The number of hydrogen-bond acceptors (Lipinski definition) is 1. The van der Waals surface area contributed by atoms with E-state index in [0.717, 1.165) is 0 Å². The molecule has 0 fully saturated rings. The first-order valence-corrected chi connectivity index (χ1v) is 5.22. The van der Waals surface area contributed by atoms with E-state index in [1.165, 1.54) is 6.92 Å². The Labute approximate surface area is 97.6 Å². The third-order valence-corrected chi connectivity index (χ3v) is 3.00. The number of Topliss-reactive ketones (excluding diaryl/α,β-unsaturated/α-hetero) is 1. The van der Waals surface area contributed by atoms with Gasteiger partial charge in [-0.15, -0.1) is 0 Å². The molecule has 88 valence electrons. The molecule has 0 aliphatic carbocycles. The smallest absolute Gasteiger partial charge is 0.165 e. The number of carbonyl (C=O) groups excluding carboxylic acids is 1. The molecule has 0 spiro atoms. The number of halogens is 5. The van der Waals surface area contributed by atoms with Gasteiger partial charge in [0.05, 0.1) is 4.83 Å². The van der Waals surface area contributed by atoms with Crippen LogP contribution < -0.4 is 0 Å². The Morgan fingerprint density at radius 2 is 1.69 bits per heavy atom. The van der Waals surface area contributed by atoms with Crippen LogP contribution in [-0.2, 0) is 11.2 Å². The molecule has 0 N–H and O–H groups in total. The number of alkyl halides is 1. The Bertz CT molecular complexity index is 407. The third kappa shape index (κ3) is 2.61. The molecule has 0 saturated carbocycles. The first-order chi connectivity index (χ1) is 7.34. The van der Waals surface area contributed by atoms with Crippen molar-refractivity contribution in [2.75, 3.05) is 0 Å². The van der Waals surface area contributed by atoms with E-state index in [0.29, 0.717) is 0 Å². The maximum atomic E-state index is 13.2. The van der Waals surface area contributed by atoms with Gasteiger partial charge in [-0.05, 0) is 13.3 Å². The summed E-state index contributed by atoms with van der Waals surface area (Å²) in [5.41, 5.74) is -0.769. The number of rotatable bonds is 3. The van der Waals surface area contributed by atoms with Crippen molar-refractivity contribution in [3.63, 3.8) is 0 Å². The van der Waals surface area contributed by atoms with E-state index in [2.05, 4.69) is 15.9 Å². The summed E-state index contributed by atoms with van der Waals surface area (Å²) in [6.45, 7) is 1.20.